The molecule has 0 amide bonds. The van der Waals surface area contributed by atoms with Gasteiger partial charge in [-0.1, -0.05) is 30.3 Å². The Balaban J connectivity index is 2.14. The number of carbonyl (C=O) groups is 3. The first-order chi connectivity index (χ1) is 19.9. The van der Waals surface area contributed by atoms with Crippen LogP contribution in [0.3, 0.4) is 0 Å². The van der Waals surface area contributed by atoms with Gasteiger partial charge < -0.3 is 14.2 Å². The normalized spacial score (nSPS) is 16.7. The van der Waals surface area contributed by atoms with Crippen molar-refractivity contribution in [3.05, 3.63) is 35.9 Å². The smallest absolute Gasteiger partial charge is 0.320 e. The van der Waals surface area contributed by atoms with Crippen molar-refractivity contribution in [3.63, 3.8) is 0 Å². The van der Waals surface area contributed by atoms with Crippen LogP contribution >= 0.6 is 0 Å². The van der Waals surface area contributed by atoms with Crippen LogP contribution in [0.4, 0.5) is 0 Å². The van der Waals surface area contributed by atoms with Crippen LogP contribution in [-0.4, -0.2) is 126 Å². The molecule has 0 N–H and O–H groups in total. The Kier molecular flexibility index (Phi) is 14.1. The van der Waals surface area contributed by atoms with Crippen molar-refractivity contribution < 1.29 is 28.6 Å². The van der Waals surface area contributed by atoms with Crippen molar-refractivity contribution >= 4 is 17.9 Å². The van der Waals surface area contributed by atoms with Crippen LogP contribution in [0.5, 0.6) is 0 Å². The van der Waals surface area contributed by atoms with Gasteiger partial charge in [-0.2, -0.15) is 0 Å². The summed E-state index contributed by atoms with van der Waals surface area (Å²) in [4.78, 5) is 46.8. The number of esters is 3. The summed E-state index contributed by atoms with van der Waals surface area (Å²) in [6, 6.07) is 10.1. The molecule has 0 saturated carbocycles. The standard InChI is InChI=1S/C33H56N4O6/c1-31(2,3)41-28(38)24-35-18-15-34(16-19-36(21-20-35)25-29(39)42-32(4,5)6)17-22-37(23-27-13-11-10-12-14-27)26-30(40)43-33(7,8)9/h10-14H,15-26H2,1-9H3. The van der Waals surface area contributed by atoms with E-state index >= 15 is 0 Å². The molecule has 0 atom stereocenters. The van der Waals surface area contributed by atoms with E-state index < -0.39 is 16.8 Å². The molecule has 0 radical (unpaired) electrons. The van der Waals surface area contributed by atoms with Crippen molar-refractivity contribution in [1.82, 2.24) is 19.6 Å². The van der Waals surface area contributed by atoms with E-state index in [1.165, 1.54) is 0 Å². The third-order valence-electron chi connectivity index (χ3n) is 6.50. The Morgan fingerprint density at radius 3 is 1.44 bits per heavy atom. The van der Waals surface area contributed by atoms with Gasteiger partial charge in [-0.05, 0) is 67.9 Å². The lowest BCUT2D eigenvalue weighted by Gasteiger charge is -2.30. The second-order valence-corrected chi connectivity index (χ2v) is 14.3. The first-order valence-corrected chi connectivity index (χ1v) is 15.5. The Hall–Kier alpha value is -2.53. The molecule has 0 bridgehead atoms. The fourth-order valence-corrected chi connectivity index (χ4v) is 4.73. The van der Waals surface area contributed by atoms with Gasteiger partial charge >= 0.3 is 17.9 Å². The highest BCUT2D eigenvalue weighted by atomic mass is 16.6. The summed E-state index contributed by atoms with van der Waals surface area (Å²) in [7, 11) is 0. The molecule has 1 fully saturated rings. The molecule has 0 aromatic heterocycles. The van der Waals surface area contributed by atoms with Crippen LogP contribution in [0.15, 0.2) is 30.3 Å². The van der Waals surface area contributed by atoms with E-state index in [1.807, 2.05) is 80.5 Å². The monoisotopic (exact) mass is 604 g/mol. The number of nitrogens with zero attached hydrogens (tertiary/aromatic N) is 4. The van der Waals surface area contributed by atoms with Gasteiger partial charge in [0, 0.05) is 58.9 Å². The van der Waals surface area contributed by atoms with E-state index in [4.69, 9.17) is 14.2 Å². The van der Waals surface area contributed by atoms with E-state index in [0.29, 0.717) is 39.3 Å². The van der Waals surface area contributed by atoms with Crippen LogP contribution in [0.1, 0.15) is 67.9 Å². The third-order valence-corrected chi connectivity index (χ3v) is 6.50. The van der Waals surface area contributed by atoms with Gasteiger partial charge in [-0.3, -0.25) is 34.0 Å². The minimum Gasteiger partial charge on any atom is -0.459 e. The maximum Gasteiger partial charge on any atom is 0.320 e. The number of rotatable bonds is 11. The minimum absolute atomic E-state index is 0.185. The van der Waals surface area contributed by atoms with Crippen molar-refractivity contribution in [2.45, 2.75) is 85.7 Å². The van der Waals surface area contributed by atoms with Crippen LogP contribution in [0.2, 0.25) is 0 Å². The molecular weight excluding hydrogens is 548 g/mol. The van der Waals surface area contributed by atoms with Crippen molar-refractivity contribution in [3.8, 4) is 0 Å². The summed E-state index contributed by atoms with van der Waals surface area (Å²) in [5.74, 6) is -0.772. The van der Waals surface area contributed by atoms with Crippen LogP contribution in [0, 0.1) is 0 Å². The Morgan fingerprint density at radius 2 is 1.02 bits per heavy atom. The zero-order chi connectivity index (χ0) is 32.3. The lowest BCUT2D eigenvalue weighted by atomic mass is 10.2. The van der Waals surface area contributed by atoms with Gasteiger partial charge in [0.2, 0.25) is 0 Å². The zero-order valence-electron chi connectivity index (χ0n) is 28.1. The first kappa shape index (κ1) is 36.7. The topological polar surface area (TPSA) is 91.9 Å². The fraction of sp³-hybridized carbons (Fsp3) is 0.727. The highest BCUT2D eigenvalue weighted by Gasteiger charge is 2.25. The molecular formula is C33H56N4O6. The molecule has 1 heterocycles. The van der Waals surface area contributed by atoms with E-state index in [-0.39, 0.29) is 37.5 Å². The van der Waals surface area contributed by atoms with Gasteiger partial charge in [0.05, 0.1) is 19.6 Å². The average molecular weight is 605 g/mol. The Labute approximate surface area is 259 Å². The van der Waals surface area contributed by atoms with Crippen LogP contribution < -0.4 is 0 Å². The van der Waals surface area contributed by atoms with Gasteiger partial charge in [0.15, 0.2) is 0 Å². The molecule has 1 aliphatic heterocycles. The van der Waals surface area contributed by atoms with Gasteiger partial charge in [-0.15, -0.1) is 0 Å². The maximum absolute atomic E-state index is 12.8. The molecule has 0 unspecified atom stereocenters. The molecule has 43 heavy (non-hydrogen) atoms. The summed E-state index contributed by atoms with van der Waals surface area (Å²) in [5, 5.41) is 0. The lowest BCUT2D eigenvalue weighted by molar-refractivity contribution is -0.158. The van der Waals surface area contributed by atoms with Crippen LogP contribution in [-0.2, 0) is 35.1 Å². The number of carbonyl (C=O) groups excluding carboxylic acids is 3. The predicted octanol–water partition coefficient (Wildman–Crippen LogP) is 3.43. The summed E-state index contributed by atoms with van der Waals surface area (Å²) in [6.45, 7) is 23.5. The molecule has 1 saturated heterocycles. The lowest BCUT2D eigenvalue weighted by Crippen LogP contribution is -2.43. The molecule has 0 spiro atoms. The molecule has 10 nitrogen and oxygen atoms in total. The molecule has 10 heteroatoms. The van der Waals surface area contributed by atoms with E-state index in [2.05, 4.69) is 31.7 Å². The summed E-state index contributed by atoms with van der Waals surface area (Å²) in [6.07, 6.45) is 0. The number of hydrogen-bond donors (Lipinski definition) is 0. The Bertz CT molecular complexity index is 971. The average Bonchev–Trinajstić information content (AvgIpc) is 2.91. The second kappa shape index (κ2) is 16.5. The maximum atomic E-state index is 12.8. The number of benzene rings is 1. The highest BCUT2D eigenvalue weighted by molar-refractivity contribution is 5.73. The van der Waals surface area contributed by atoms with Crippen molar-refractivity contribution in [2.24, 2.45) is 0 Å². The van der Waals surface area contributed by atoms with Crippen molar-refractivity contribution in [1.29, 1.82) is 0 Å². The quantitative estimate of drug-likeness (QED) is 0.276. The van der Waals surface area contributed by atoms with E-state index in [0.717, 1.165) is 25.2 Å². The predicted molar refractivity (Wildman–Crippen MR) is 169 cm³/mol. The molecule has 0 aliphatic carbocycles. The zero-order valence-corrected chi connectivity index (χ0v) is 28.1. The second-order valence-electron chi connectivity index (χ2n) is 14.3. The van der Waals surface area contributed by atoms with E-state index in [1.54, 1.807) is 0 Å². The van der Waals surface area contributed by atoms with Gasteiger partial charge in [0.25, 0.3) is 0 Å². The summed E-state index contributed by atoms with van der Waals surface area (Å²) < 4.78 is 16.8. The fourth-order valence-electron chi connectivity index (χ4n) is 4.73. The summed E-state index contributed by atoms with van der Waals surface area (Å²) in [5.41, 5.74) is -0.530. The van der Waals surface area contributed by atoms with E-state index in [9.17, 15) is 14.4 Å². The first-order valence-electron chi connectivity index (χ1n) is 15.5. The highest BCUT2D eigenvalue weighted by Crippen LogP contribution is 2.12. The number of ether oxygens (including phenoxy) is 3. The van der Waals surface area contributed by atoms with Crippen molar-refractivity contribution in [2.75, 3.05) is 72.0 Å². The van der Waals surface area contributed by atoms with Crippen LogP contribution in [0.25, 0.3) is 0 Å². The summed E-state index contributed by atoms with van der Waals surface area (Å²) >= 11 is 0. The number of hydrogen-bond acceptors (Lipinski definition) is 10. The SMILES string of the molecule is CC(C)(C)OC(=O)CN1CCN(CCN(CC(=O)OC(C)(C)C)Cc2ccccc2)CCN(CC(=O)OC(C)(C)C)CC1. The molecule has 1 aliphatic rings. The largest absolute Gasteiger partial charge is 0.459 e. The molecule has 1 aromatic rings. The van der Waals surface area contributed by atoms with Gasteiger partial charge in [-0.25, -0.2) is 0 Å². The minimum atomic E-state index is -0.554. The molecule has 244 valence electrons. The third kappa shape index (κ3) is 17.4. The molecule has 2 rings (SSSR count). The van der Waals surface area contributed by atoms with Gasteiger partial charge in [0.1, 0.15) is 16.8 Å². The Morgan fingerprint density at radius 1 is 0.628 bits per heavy atom. The molecule has 1 aromatic carbocycles.